The highest BCUT2D eigenvalue weighted by Crippen LogP contribution is 2.32. The van der Waals surface area contributed by atoms with Crippen LogP contribution in [0.15, 0.2) is 66.0 Å². The van der Waals surface area contributed by atoms with Crippen LogP contribution in [0, 0.1) is 6.92 Å². The average Bonchev–Trinajstić information content (AvgIpc) is 3.54. The molecule has 1 fully saturated rings. The fourth-order valence-electron chi connectivity index (χ4n) is 6.08. The Morgan fingerprint density at radius 3 is 2.52 bits per heavy atom. The average molecular weight is 600 g/mol. The molecule has 2 aliphatic rings. The van der Waals surface area contributed by atoms with Gasteiger partial charge in [0, 0.05) is 68.3 Å². The summed E-state index contributed by atoms with van der Waals surface area (Å²) in [6, 6.07) is 13.8. The van der Waals surface area contributed by atoms with Crippen molar-refractivity contribution in [2.24, 2.45) is 0 Å². The van der Waals surface area contributed by atoms with Crippen LogP contribution < -0.4 is 15.0 Å². The first kappa shape index (κ1) is 29.7. The van der Waals surface area contributed by atoms with Gasteiger partial charge in [0.05, 0.1) is 11.8 Å². The molecule has 0 aliphatic carbocycles. The molecule has 0 N–H and O–H groups in total. The molecule has 1 amide bonds. The molecule has 4 heterocycles. The zero-order chi connectivity index (χ0) is 30.8. The number of aryl methyl sites for hydroxylation is 1. The summed E-state index contributed by atoms with van der Waals surface area (Å²) in [7, 11) is 0. The number of rotatable bonds is 7. The van der Waals surface area contributed by atoms with Crippen molar-refractivity contribution in [3.63, 3.8) is 0 Å². The molecule has 0 unspecified atom stereocenters. The second-order valence-corrected chi connectivity index (χ2v) is 12.6. The lowest BCUT2D eigenvalue weighted by Crippen LogP contribution is -2.49. The maximum absolute atomic E-state index is 13.4. The van der Waals surface area contributed by atoms with Gasteiger partial charge in [-0.05, 0) is 75.9 Å². The molecule has 6 rings (SSSR count). The third-order valence-electron chi connectivity index (χ3n) is 8.33. The summed E-state index contributed by atoms with van der Waals surface area (Å²) in [5.41, 5.74) is 3.25. The lowest BCUT2D eigenvalue weighted by atomic mass is 10.0. The number of carbonyl (C=O) groups excluding carboxylic acids is 1. The quantitative estimate of drug-likeness (QED) is 0.290. The van der Waals surface area contributed by atoms with Crippen molar-refractivity contribution >= 4 is 17.0 Å². The number of fused-ring (bicyclic) bond motifs is 2. The number of nitrogens with zero attached hydrogens (tertiary/aromatic N) is 5. The summed E-state index contributed by atoms with van der Waals surface area (Å²) in [5, 5.41) is 1.07. The lowest BCUT2D eigenvalue weighted by Gasteiger charge is -2.39. The van der Waals surface area contributed by atoms with Gasteiger partial charge in [-0.2, -0.15) is 0 Å². The Bertz CT molecular complexity index is 1680. The summed E-state index contributed by atoms with van der Waals surface area (Å²) >= 11 is 0. The number of carbonyl (C=O) groups is 1. The van der Waals surface area contributed by atoms with E-state index in [9.17, 15) is 9.59 Å². The summed E-state index contributed by atoms with van der Waals surface area (Å²) in [4.78, 5) is 35.0. The molecule has 4 aromatic rings. The van der Waals surface area contributed by atoms with Gasteiger partial charge >= 0.3 is 6.09 Å². The van der Waals surface area contributed by atoms with E-state index in [0.717, 1.165) is 65.9 Å². The molecule has 0 spiro atoms. The number of hydrogen-bond donors (Lipinski definition) is 0. The van der Waals surface area contributed by atoms with Gasteiger partial charge in [0.1, 0.15) is 18.8 Å². The van der Waals surface area contributed by atoms with E-state index in [2.05, 4.69) is 28.1 Å². The number of amides is 1. The SMILES string of the molecule is Cc1cc(=O)n(CCN2CCC(N(Cc3ccc4c(c3)OCCO4)C(=O)OC(C)(C)C)CC2)c2cc(-n3ccnc3)ccc12. The van der Waals surface area contributed by atoms with Crippen molar-refractivity contribution in [3.8, 4) is 17.2 Å². The van der Waals surface area contributed by atoms with Crippen molar-refractivity contribution < 1.29 is 19.0 Å². The third-order valence-corrected chi connectivity index (χ3v) is 8.33. The van der Waals surface area contributed by atoms with E-state index in [1.54, 1.807) is 18.6 Å². The molecular weight excluding hydrogens is 558 g/mol. The summed E-state index contributed by atoms with van der Waals surface area (Å²) in [6.07, 6.45) is 6.74. The minimum Gasteiger partial charge on any atom is -0.486 e. The first-order valence-corrected chi connectivity index (χ1v) is 15.4. The van der Waals surface area contributed by atoms with Crippen molar-refractivity contribution in [2.45, 2.75) is 65.3 Å². The minimum atomic E-state index is -0.593. The second kappa shape index (κ2) is 12.4. The number of ether oxygens (including phenoxy) is 3. The molecule has 232 valence electrons. The topological polar surface area (TPSA) is 91.1 Å². The van der Waals surface area contributed by atoms with Crippen LogP contribution >= 0.6 is 0 Å². The van der Waals surface area contributed by atoms with Gasteiger partial charge in [-0.1, -0.05) is 12.1 Å². The zero-order valence-electron chi connectivity index (χ0n) is 26.0. The normalized spacial score (nSPS) is 15.8. The summed E-state index contributed by atoms with van der Waals surface area (Å²) in [5.74, 6) is 1.44. The Morgan fingerprint density at radius 1 is 1.02 bits per heavy atom. The van der Waals surface area contributed by atoms with Crippen LogP contribution in [0.3, 0.4) is 0 Å². The van der Waals surface area contributed by atoms with Gasteiger partial charge in [0.25, 0.3) is 5.56 Å². The largest absolute Gasteiger partial charge is 0.486 e. The molecule has 2 aliphatic heterocycles. The van der Waals surface area contributed by atoms with Gasteiger partial charge in [-0.25, -0.2) is 9.78 Å². The molecule has 1 saturated heterocycles. The molecule has 10 heteroatoms. The Kier molecular flexibility index (Phi) is 8.35. The standard InChI is InChI=1S/C34H41N5O5/c1-24-19-32(40)38(29-21-27(6-7-28(24)29)37-14-11-35-23-37)16-15-36-12-9-26(10-13-36)39(33(41)44-34(2,3)4)22-25-5-8-30-31(20-25)43-18-17-42-30/h5-8,11,14,19-21,23,26H,9-10,12-13,15-18,22H2,1-4H3. The van der Waals surface area contributed by atoms with Crippen molar-refractivity contribution in [3.05, 3.63) is 82.7 Å². The number of hydrogen-bond acceptors (Lipinski definition) is 7. The number of imidazole rings is 1. The molecule has 10 nitrogen and oxygen atoms in total. The zero-order valence-corrected chi connectivity index (χ0v) is 26.0. The maximum atomic E-state index is 13.4. The minimum absolute atomic E-state index is 0.00296. The molecule has 0 saturated carbocycles. The second-order valence-electron chi connectivity index (χ2n) is 12.6. The molecule has 2 aromatic carbocycles. The van der Waals surface area contributed by atoms with E-state index in [-0.39, 0.29) is 17.7 Å². The highest BCUT2D eigenvalue weighted by Gasteiger charge is 2.31. The van der Waals surface area contributed by atoms with E-state index >= 15 is 0 Å². The highest BCUT2D eigenvalue weighted by atomic mass is 16.6. The predicted molar refractivity (Wildman–Crippen MR) is 169 cm³/mol. The number of pyridine rings is 1. The molecule has 0 radical (unpaired) electrons. The molecular formula is C34H41N5O5. The van der Waals surface area contributed by atoms with E-state index < -0.39 is 5.60 Å². The van der Waals surface area contributed by atoms with Crippen LogP contribution in [0.25, 0.3) is 16.6 Å². The van der Waals surface area contributed by atoms with Crippen LogP contribution in [-0.4, -0.2) is 74.5 Å². The smallest absolute Gasteiger partial charge is 0.410 e. The Hall–Kier alpha value is -4.31. The Labute approximate surface area is 257 Å². The molecule has 44 heavy (non-hydrogen) atoms. The van der Waals surface area contributed by atoms with Gasteiger partial charge < -0.3 is 33.1 Å². The van der Waals surface area contributed by atoms with Crippen molar-refractivity contribution in [1.82, 2.24) is 23.9 Å². The van der Waals surface area contributed by atoms with E-state index in [1.165, 1.54) is 0 Å². The Morgan fingerprint density at radius 2 is 1.80 bits per heavy atom. The number of likely N-dealkylation sites (tertiary alicyclic amines) is 1. The Balaban J connectivity index is 1.15. The third kappa shape index (κ3) is 6.60. The van der Waals surface area contributed by atoms with Crippen LogP contribution in [0.5, 0.6) is 11.5 Å². The monoisotopic (exact) mass is 599 g/mol. The number of aromatic nitrogens is 3. The first-order valence-electron chi connectivity index (χ1n) is 15.4. The maximum Gasteiger partial charge on any atom is 0.410 e. The van der Waals surface area contributed by atoms with Crippen LogP contribution in [0.4, 0.5) is 4.79 Å². The van der Waals surface area contributed by atoms with E-state index in [1.807, 2.05) is 66.1 Å². The van der Waals surface area contributed by atoms with E-state index in [4.69, 9.17) is 14.2 Å². The lowest BCUT2D eigenvalue weighted by molar-refractivity contribution is 0.00562. The van der Waals surface area contributed by atoms with Crippen molar-refractivity contribution in [1.29, 1.82) is 0 Å². The number of piperidine rings is 1. The number of benzene rings is 2. The van der Waals surface area contributed by atoms with Gasteiger partial charge in [0.2, 0.25) is 0 Å². The van der Waals surface area contributed by atoms with E-state index in [0.29, 0.717) is 32.1 Å². The fourth-order valence-corrected chi connectivity index (χ4v) is 6.08. The predicted octanol–water partition coefficient (Wildman–Crippen LogP) is 5.17. The summed E-state index contributed by atoms with van der Waals surface area (Å²) in [6.45, 7) is 12.1. The first-order chi connectivity index (χ1) is 21.1. The van der Waals surface area contributed by atoms with Gasteiger partial charge in [-0.15, -0.1) is 0 Å². The fraction of sp³-hybridized carbons (Fsp3) is 0.441. The summed E-state index contributed by atoms with van der Waals surface area (Å²) < 4.78 is 21.1. The highest BCUT2D eigenvalue weighted by molar-refractivity contribution is 5.84. The van der Waals surface area contributed by atoms with Gasteiger partial charge in [0.15, 0.2) is 11.5 Å². The van der Waals surface area contributed by atoms with Crippen LogP contribution in [0.1, 0.15) is 44.7 Å². The van der Waals surface area contributed by atoms with Crippen LogP contribution in [-0.2, 0) is 17.8 Å². The van der Waals surface area contributed by atoms with Crippen molar-refractivity contribution in [2.75, 3.05) is 32.8 Å². The molecule has 0 atom stereocenters. The van der Waals surface area contributed by atoms with Gasteiger partial charge in [-0.3, -0.25) is 4.79 Å². The molecule has 0 bridgehead atoms. The molecule has 2 aromatic heterocycles. The van der Waals surface area contributed by atoms with Crippen LogP contribution in [0.2, 0.25) is 0 Å².